The van der Waals surface area contributed by atoms with Gasteiger partial charge >= 0.3 is 5.63 Å². The van der Waals surface area contributed by atoms with Gasteiger partial charge in [-0.25, -0.2) is 4.79 Å². The maximum atomic E-state index is 12.4. The zero-order valence-corrected chi connectivity index (χ0v) is 17.2. The van der Waals surface area contributed by atoms with Crippen LogP contribution in [0.5, 0.6) is 5.75 Å². The second-order valence-corrected chi connectivity index (χ2v) is 7.46. The first-order valence-electron chi connectivity index (χ1n) is 9.97. The largest absolute Gasteiger partial charge is 0.481 e. The molecule has 4 aromatic rings. The first-order valence-corrected chi connectivity index (χ1v) is 9.97. The minimum Gasteiger partial charge on any atom is -0.481 e. The number of rotatable bonds is 6. The van der Waals surface area contributed by atoms with Crippen molar-refractivity contribution in [2.24, 2.45) is 0 Å². The summed E-state index contributed by atoms with van der Waals surface area (Å²) in [5.74, 6) is 0.282. The van der Waals surface area contributed by atoms with Gasteiger partial charge in [-0.2, -0.15) is 0 Å². The third-order valence-electron chi connectivity index (χ3n) is 5.48. The Hall–Kier alpha value is -3.54. The standard InChI is InChI=1S/C24H24N2O4/c1-14-15(2)24(28)30-22-12-18(8-9-19(14)22)29-16(3)23(27)25-11-10-17-13-26-21-7-5-4-6-20(17)21/h4-9,12-13,16,26H,10-11H2,1-3H3,(H,25,27)/t16-/m0/s1. The van der Waals surface area contributed by atoms with Crippen LogP contribution >= 0.6 is 0 Å². The number of carbonyl (C=O) groups excluding carboxylic acids is 1. The molecule has 0 bridgehead atoms. The smallest absolute Gasteiger partial charge is 0.339 e. The van der Waals surface area contributed by atoms with Crippen LogP contribution in [0.25, 0.3) is 21.9 Å². The van der Waals surface area contributed by atoms with Gasteiger partial charge in [0.1, 0.15) is 11.3 Å². The van der Waals surface area contributed by atoms with Crippen LogP contribution in [0.2, 0.25) is 0 Å². The average molecular weight is 404 g/mol. The summed E-state index contributed by atoms with van der Waals surface area (Å²) in [6.07, 6.45) is 2.02. The highest BCUT2D eigenvalue weighted by Gasteiger charge is 2.16. The fourth-order valence-corrected chi connectivity index (χ4v) is 3.56. The highest BCUT2D eigenvalue weighted by atomic mass is 16.5. The SMILES string of the molecule is Cc1c(C)c2ccc(O[C@@H](C)C(=O)NCCc3c[nH]c4ccccc34)cc2oc1=O. The Labute approximate surface area is 173 Å². The van der Waals surface area contributed by atoms with E-state index < -0.39 is 6.10 Å². The molecule has 154 valence electrons. The summed E-state index contributed by atoms with van der Waals surface area (Å²) in [6.45, 7) is 5.84. The van der Waals surface area contributed by atoms with Crippen molar-refractivity contribution in [2.75, 3.05) is 6.54 Å². The Morgan fingerprint density at radius 1 is 1.13 bits per heavy atom. The monoisotopic (exact) mass is 404 g/mol. The summed E-state index contributed by atoms with van der Waals surface area (Å²) in [4.78, 5) is 27.6. The van der Waals surface area contributed by atoms with E-state index >= 15 is 0 Å². The molecule has 1 atom stereocenters. The molecule has 0 aliphatic rings. The van der Waals surface area contributed by atoms with Crippen molar-refractivity contribution < 1.29 is 13.9 Å². The van der Waals surface area contributed by atoms with Crippen molar-refractivity contribution in [2.45, 2.75) is 33.3 Å². The molecule has 2 heterocycles. The Kier molecular flexibility index (Phi) is 5.31. The predicted octanol–water partition coefficient (Wildman–Crippen LogP) is 4.02. The van der Waals surface area contributed by atoms with Crippen molar-refractivity contribution in [3.05, 3.63) is 75.8 Å². The Bertz CT molecular complexity index is 1290. The van der Waals surface area contributed by atoms with E-state index in [0.29, 0.717) is 23.4 Å². The number of hydrogen-bond donors (Lipinski definition) is 2. The fourth-order valence-electron chi connectivity index (χ4n) is 3.56. The van der Waals surface area contributed by atoms with Crippen LogP contribution in [0.1, 0.15) is 23.6 Å². The molecule has 0 spiro atoms. The molecule has 6 heteroatoms. The minimum absolute atomic E-state index is 0.198. The number of aryl methyl sites for hydroxylation is 1. The van der Waals surface area contributed by atoms with Crippen LogP contribution in [0.3, 0.4) is 0 Å². The van der Waals surface area contributed by atoms with Gasteiger partial charge in [-0.05, 0) is 56.5 Å². The van der Waals surface area contributed by atoms with Crippen molar-refractivity contribution in [1.29, 1.82) is 0 Å². The average Bonchev–Trinajstić information content (AvgIpc) is 3.15. The Morgan fingerprint density at radius 2 is 1.93 bits per heavy atom. The lowest BCUT2D eigenvalue weighted by Crippen LogP contribution is -2.37. The van der Waals surface area contributed by atoms with Gasteiger partial charge in [-0.15, -0.1) is 0 Å². The molecule has 0 radical (unpaired) electrons. The second kappa shape index (κ2) is 8.06. The van der Waals surface area contributed by atoms with Crippen LogP contribution in [-0.4, -0.2) is 23.5 Å². The molecule has 2 aromatic carbocycles. The number of fused-ring (bicyclic) bond motifs is 2. The zero-order valence-electron chi connectivity index (χ0n) is 17.2. The molecular formula is C24H24N2O4. The number of benzene rings is 2. The molecule has 30 heavy (non-hydrogen) atoms. The maximum Gasteiger partial charge on any atom is 0.339 e. The third-order valence-corrected chi connectivity index (χ3v) is 5.48. The number of carbonyl (C=O) groups is 1. The van der Waals surface area contributed by atoms with E-state index in [1.54, 1.807) is 26.0 Å². The molecule has 1 amide bonds. The lowest BCUT2D eigenvalue weighted by atomic mass is 10.1. The molecule has 0 unspecified atom stereocenters. The quantitative estimate of drug-likeness (QED) is 0.476. The van der Waals surface area contributed by atoms with Gasteiger partial charge in [0.25, 0.3) is 5.91 Å². The topological polar surface area (TPSA) is 84.3 Å². The zero-order chi connectivity index (χ0) is 21.3. The van der Waals surface area contributed by atoms with Gasteiger partial charge in [0.2, 0.25) is 0 Å². The summed E-state index contributed by atoms with van der Waals surface area (Å²) in [6, 6.07) is 13.4. The number of aromatic amines is 1. The molecule has 0 aliphatic heterocycles. The van der Waals surface area contributed by atoms with Crippen LogP contribution in [0.4, 0.5) is 0 Å². The number of nitrogens with one attached hydrogen (secondary N) is 2. The van der Waals surface area contributed by atoms with E-state index in [1.165, 1.54) is 5.39 Å². The van der Waals surface area contributed by atoms with Crippen molar-refractivity contribution in [3.8, 4) is 5.75 Å². The van der Waals surface area contributed by atoms with E-state index in [9.17, 15) is 9.59 Å². The summed E-state index contributed by atoms with van der Waals surface area (Å²) in [7, 11) is 0. The maximum absolute atomic E-state index is 12.4. The normalized spacial score (nSPS) is 12.2. The number of amides is 1. The number of para-hydroxylation sites is 1. The van der Waals surface area contributed by atoms with Gasteiger partial charge in [0.05, 0.1) is 0 Å². The number of aromatic nitrogens is 1. The van der Waals surface area contributed by atoms with E-state index in [2.05, 4.69) is 16.4 Å². The minimum atomic E-state index is -0.677. The summed E-state index contributed by atoms with van der Waals surface area (Å²) in [5.41, 5.74) is 3.82. The van der Waals surface area contributed by atoms with Gasteiger partial charge in [-0.3, -0.25) is 4.79 Å². The summed E-state index contributed by atoms with van der Waals surface area (Å²) in [5, 5.41) is 4.94. The molecule has 4 rings (SSSR count). The Morgan fingerprint density at radius 3 is 2.77 bits per heavy atom. The summed E-state index contributed by atoms with van der Waals surface area (Å²) >= 11 is 0. The Balaban J connectivity index is 1.38. The van der Waals surface area contributed by atoms with Crippen molar-refractivity contribution in [3.63, 3.8) is 0 Å². The molecule has 2 aromatic heterocycles. The molecule has 0 saturated heterocycles. The van der Waals surface area contributed by atoms with E-state index in [1.807, 2.05) is 37.4 Å². The third kappa shape index (κ3) is 3.81. The number of H-pyrrole nitrogens is 1. The van der Waals surface area contributed by atoms with E-state index in [4.69, 9.17) is 9.15 Å². The van der Waals surface area contributed by atoms with Gasteiger partial charge in [0.15, 0.2) is 6.10 Å². The lowest BCUT2D eigenvalue weighted by Gasteiger charge is -2.15. The van der Waals surface area contributed by atoms with E-state index in [-0.39, 0.29) is 11.5 Å². The van der Waals surface area contributed by atoms with Crippen LogP contribution < -0.4 is 15.7 Å². The van der Waals surface area contributed by atoms with Gasteiger partial charge in [-0.1, -0.05) is 18.2 Å². The molecular weight excluding hydrogens is 380 g/mol. The van der Waals surface area contributed by atoms with Crippen LogP contribution in [0.15, 0.2) is 57.9 Å². The number of hydrogen-bond acceptors (Lipinski definition) is 4. The van der Waals surface area contributed by atoms with Crippen LogP contribution in [0, 0.1) is 13.8 Å². The molecule has 2 N–H and O–H groups in total. The fraction of sp³-hybridized carbons (Fsp3) is 0.250. The highest BCUT2D eigenvalue weighted by Crippen LogP contribution is 2.24. The lowest BCUT2D eigenvalue weighted by molar-refractivity contribution is -0.127. The van der Waals surface area contributed by atoms with Crippen molar-refractivity contribution in [1.82, 2.24) is 10.3 Å². The van der Waals surface area contributed by atoms with E-state index in [0.717, 1.165) is 28.5 Å². The first-order chi connectivity index (χ1) is 14.4. The second-order valence-electron chi connectivity index (χ2n) is 7.46. The molecule has 6 nitrogen and oxygen atoms in total. The summed E-state index contributed by atoms with van der Waals surface area (Å²) < 4.78 is 11.1. The van der Waals surface area contributed by atoms with Crippen molar-refractivity contribution >= 4 is 27.8 Å². The molecule has 0 fully saturated rings. The predicted molar refractivity (Wildman–Crippen MR) is 117 cm³/mol. The highest BCUT2D eigenvalue weighted by molar-refractivity contribution is 5.84. The first kappa shape index (κ1) is 19.8. The molecule has 0 aliphatic carbocycles. The van der Waals surface area contributed by atoms with Gasteiger partial charge in [0, 0.05) is 40.7 Å². The van der Waals surface area contributed by atoms with Crippen LogP contribution in [-0.2, 0) is 11.2 Å². The molecule has 0 saturated carbocycles. The number of ether oxygens (including phenoxy) is 1. The van der Waals surface area contributed by atoms with Gasteiger partial charge < -0.3 is 19.5 Å².